The molecule has 0 aromatic heterocycles. The normalized spacial score (nSPS) is 9.82. The number of nitrogens with one attached hydrogen (secondary N) is 1. The molecule has 1 aromatic rings. The molecular weight excluding hydrogens is 158 g/mol. The first-order chi connectivity index (χ1) is 5.16. The van der Waals surface area contributed by atoms with Gasteiger partial charge in [-0.05, 0) is 31.0 Å². The maximum Gasteiger partial charge on any atom is 0.0455 e. The van der Waals surface area contributed by atoms with Gasteiger partial charge >= 0.3 is 0 Å². The largest absolute Gasteiger partial charge is 0.388 e. The Balaban J connectivity index is 3.29. The van der Waals surface area contributed by atoms with E-state index in [0.29, 0.717) is 0 Å². The van der Waals surface area contributed by atoms with E-state index < -0.39 is 0 Å². The highest BCUT2D eigenvalue weighted by Crippen LogP contribution is 2.26. The number of benzene rings is 1. The Morgan fingerprint density at radius 2 is 1.91 bits per heavy atom. The predicted molar refractivity (Wildman–Crippen MR) is 50.5 cm³/mol. The Morgan fingerprint density at radius 1 is 1.27 bits per heavy atom. The van der Waals surface area contributed by atoms with Crippen molar-refractivity contribution in [1.82, 2.24) is 0 Å². The van der Waals surface area contributed by atoms with Crippen LogP contribution >= 0.6 is 11.6 Å². The molecule has 1 aromatic carbocycles. The van der Waals surface area contributed by atoms with Crippen molar-refractivity contribution in [2.75, 3.05) is 12.4 Å². The lowest BCUT2D eigenvalue weighted by Crippen LogP contribution is -1.94. The minimum absolute atomic E-state index is 0.819. The Kier molecular flexibility index (Phi) is 2.40. The molecular formula is C9H12ClN. The van der Waals surface area contributed by atoms with E-state index >= 15 is 0 Å². The third kappa shape index (κ3) is 1.48. The zero-order chi connectivity index (χ0) is 8.43. The molecule has 0 unspecified atom stereocenters. The zero-order valence-electron chi connectivity index (χ0n) is 7.03. The monoisotopic (exact) mass is 169 g/mol. The van der Waals surface area contributed by atoms with E-state index in [9.17, 15) is 0 Å². The van der Waals surface area contributed by atoms with Crippen LogP contribution in [0, 0.1) is 13.8 Å². The summed E-state index contributed by atoms with van der Waals surface area (Å²) in [5, 5.41) is 3.94. The summed E-state index contributed by atoms with van der Waals surface area (Å²) in [4.78, 5) is 0. The zero-order valence-corrected chi connectivity index (χ0v) is 7.79. The lowest BCUT2D eigenvalue weighted by Gasteiger charge is -2.09. The van der Waals surface area contributed by atoms with E-state index in [1.807, 2.05) is 26.1 Å². The van der Waals surface area contributed by atoms with Crippen LogP contribution < -0.4 is 5.32 Å². The molecule has 0 bridgehead atoms. The molecule has 0 aliphatic heterocycles. The lowest BCUT2D eigenvalue weighted by atomic mass is 10.1. The van der Waals surface area contributed by atoms with E-state index in [0.717, 1.165) is 16.3 Å². The molecule has 1 N–H and O–H groups in total. The second-order valence-electron chi connectivity index (χ2n) is 2.61. The summed E-state index contributed by atoms with van der Waals surface area (Å²) < 4.78 is 0. The van der Waals surface area contributed by atoms with Crippen LogP contribution in [-0.2, 0) is 0 Å². The predicted octanol–water partition coefficient (Wildman–Crippen LogP) is 3.00. The SMILES string of the molecule is CNc1c(C)ccc(Cl)c1C. The number of hydrogen-bond acceptors (Lipinski definition) is 1. The fourth-order valence-corrected chi connectivity index (χ4v) is 1.36. The second-order valence-corrected chi connectivity index (χ2v) is 3.02. The summed E-state index contributed by atoms with van der Waals surface area (Å²) in [7, 11) is 1.91. The maximum atomic E-state index is 5.92. The molecule has 1 rings (SSSR count). The van der Waals surface area contributed by atoms with Gasteiger partial charge in [0, 0.05) is 17.8 Å². The molecule has 60 valence electrons. The van der Waals surface area contributed by atoms with Crippen molar-refractivity contribution in [2.24, 2.45) is 0 Å². The summed E-state index contributed by atoms with van der Waals surface area (Å²) in [5.41, 5.74) is 3.49. The van der Waals surface area contributed by atoms with Crippen molar-refractivity contribution in [3.8, 4) is 0 Å². The van der Waals surface area contributed by atoms with Gasteiger partial charge in [0.1, 0.15) is 0 Å². The molecule has 0 aliphatic carbocycles. The van der Waals surface area contributed by atoms with Gasteiger partial charge in [0.2, 0.25) is 0 Å². The van der Waals surface area contributed by atoms with Crippen LogP contribution in [0.1, 0.15) is 11.1 Å². The molecule has 0 aliphatic rings. The number of halogens is 1. The highest BCUT2D eigenvalue weighted by molar-refractivity contribution is 6.31. The molecule has 0 heterocycles. The van der Waals surface area contributed by atoms with E-state index in [1.165, 1.54) is 5.56 Å². The van der Waals surface area contributed by atoms with E-state index in [1.54, 1.807) is 0 Å². The smallest absolute Gasteiger partial charge is 0.0455 e. The molecule has 0 saturated heterocycles. The van der Waals surface area contributed by atoms with Gasteiger partial charge in [-0.1, -0.05) is 17.7 Å². The maximum absolute atomic E-state index is 5.92. The molecule has 0 radical (unpaired) electrons. The van der Waals surface area contributed by atoms with Gasteiger partial charge in [0.05, 0.1) is 0 Å². The minimum atomic E-state index is 0.819. The molecule has 11 heavy (non-hydrogen) atoms. The average molecular weight is 170 g/mol. The standard InChI is InChI=1S/C9H12ClN/c1-6-4-5-8(10)7(2)9(6)11-3/h4-5,11H,1-3H3. The summed E-state index contributed by atoms with van der Waals surface area (Å²) in [6, 6.07) is 3.94. The summed E-state index contributed by atoms with van der Waals surface area (Å²) in [6.45, 7) is 4.08. The van der Waals surface area contributed by atoms with Crippen LogP contribution in [0.2, 0.25) is 5.02 Å². The van der Waals surface area contributed by atoms with Crippen molar-refractivity contribution < 1.29 is 0 Å². The number of hydrogen-bond donors (Lipinski definition) is 1. The van der Waals surface area contributed by atoms with Crippen molar-refractivity contribution >= 4 is 17.3 Å². The molecule has 0 amide bonds. The Hall–Kier alpha value is -0.690. The van der Waals surface area contributed by atoms with Crippen LogP contribution in [0.3, 0.4) is 0 Å². The molecule has 0 spiro atoms. The summed E-state index contributed by atoms with van der Waals surface area (Å²) >= 11 is 5.92. The third-order valence-electron chi connectivity index (χ3n) is 1.86. The topological polar surface area (TPSA) is 12.0 Å². The molecule has 1 nitrogen and oxygen atoms in total. The van der Waals surface area contributed by atoms with E-state index in [2.05, 4.69) is 12.2 Å². The Labute approximate surface area is 72.4 Å². The van der Waals surface area contributed by atoms with Crippen molar-refractivity contribution in [1.29, 1.82) is 0 Å². The van der Waals surface area contributed by atoms with E-state index in [-0.39, 0.29) is 0 Å². The highest BCUT2D eigenvalue weighted by Gasteiger charge is 2.02. The van der Waals surface area contributed by atoms with Crippen LogP contribution in [0.5, 0.6) is 0 Å². The van der Waals surface area contributed by atoms with Crippen LogP contribution in [0.4, 0.5) is 5.69 Å². The van der Waals surface area contributed by atoms with Crippen LogP contribution in [0.15, 0.2) is 12.1 Å². The van der Waals surface area contributed by atoms with Crippen molar-refractivity contribution in [3.63, 3.8) is 0 Å². The third-order valence-corrected chi connectivity index (χ3v) is 2.27. The quantitative estimate of drug-likeness (QED) is 0.682. The van der Waals surface area contributed by atoms with Gasteiger partial charge in [0.15, 0.2) is 0 Å². The Bertz CT molecular complexity index is 269. The Morgan fingerprint density at radius 3 is 2.36 bits per heavy atom. The van der Waals surface area contributed by atoms with Gasteiger partial charge in [-0.3, -0.25) is 0 Å². The van der Waals surface area contributed by atoms with E-state index in [4.69, 9.17) is 11.6 Å². The average Bonchev–Trinajstić information content (AvgIpc) is 1.99. The molecule has 0 fully saturated rings. The fraction of sp³-hybridized carbons (Fsp3) is 0.333. The number of aryl methyl sites for hydroxylation is 1. The summed E-state index contributed by atoms with van der Waals surface area (Å²) in [5.74, 6) is 0. The fourth-order valence-electron chi connectivity index (χ4n) is 1.21. The lowest BCUT2D eigenvalue weighted by molar-refractivity contribution is 1.34. The first-order valence-corrected chi connectivity index (χ1v) is 3.98. The van der Waals surface area contributed by atoms with Gasteiger partial charge < -0.3 is 5.32 Å². The second kappa shape index (κ2) is 3.14. The molecule has 0 atom stereocenters. The highest BCUT2D eigenvalue weighted by atomic mass is 35.5. The number of anilines is 1. The van der Waals surface area contributed by atoms with Gasteiger partial charge in [-0.25, -0.2) is 0 Å². The van der Waals surface area contributed by atoms with Crippen LogP contribution in [-0.4, -0.2) is 7.05 Å². The van der Waals surface area contributed by atoms with Crippen molar-refractivity contribution in [2.45, 2.75) is 13.8 Å². The van der Waals surface area contributed by atoms with Gasteiger partial charge in [0.25, 0.3) is 0 Å². The molecule has 0 saturated carbocycles. The van der Waals surface area contributed by atoms with Crippen molar-refractivity contribution in [3.05, 3.63) is 28.3 Å². The number of rotatable bonds is 1. The first-order valence-electron chi connectivity index (χ1n) is 3.60. The minimum Gasteiger partial charge on any atom is -0.388 e. The van der Waals surface area contributed by atoms with Gasteiger partial charge in [-0.15, -0.1) is 0 Å². The van der Waals surface area contributed by atoms with Gasteiger partial charge in [-0.2, -0.15) is 0 Å². The van der Waals surface area contributed by atoms with Crippen LogP contribution in [0.25, 0.3) is 0 Å². The summed E-state index contributed by atoms with van der Waals surface area (Å²) in [6.07, 6.45) is 0. The molecule has 2 heteroatoms. The first kappa shape index (κ1) is 8.41.